The van der Waals surface area contributed by atoms with E-state index >= 15 is 0 Å². The third-order valence-electron chi connectivity index (χ3n) is 3.25. The minimum absolute atomic E-state index is 0.173. The molecule has 0 bridgehead atoms. The number of fused-ring (bicyclic) bond motifs is 1. The lowest BCUT2D eigenvalue weighted by Crippen LogP contribution is -2.17. The van der Waals surface area contributed by atoms with Crippen LogP contribution >= 0.6 is 0 Å². The highest BCUT2D eigenvalue weighted by Gasteiger charge is 2.08. The first kappa shape index (κ1) is 11.7. The van der Waals surface area contributed by atoms with Gasteiger partial charge in [-0.2, -0.15) is 0 Å². The Balaban J connectivity index is 2.13. The maximum Gasteiger partial charge on any atom is 0.326 e. The monoisotopic (exact) mass is 256 g/mol. The summed E-state index contributed by atoms with van der Waals surface area (Å²) < 4.78 is 14.8. The van der Waals surface area contributed by atoms with Gasteiger partial charge in [0.1, 0.15) is 5.82 Å². The molecule has 0 aliphatic heterocycles. The minimum Gasteiger partial charge on any atom is -0.305 e. The summed E-state index contributed by atoms with van der Waals surface area (Å²) in [6, 6.07) is 12.0. The summed E-state index contributed by atoms with van der Waals surface area (Å²) in [5.41, 5.74) is 3.30. The number of aromatic amines is 1. The van der Waals surface area contributed by atoms with Gasteiger partial charge in [0.25, 0.3) is 0 Å². The highest BCUT2D eigenvalue weighted by molar-refractivity contribution is 5.78. The average molecular weight is 256 g/mol. The van der Waals surface area contributed by atoms with Crippen LogP contribution in [0.2, 0.25) is 0 Å². The molecule has 0 radical (unpaired) electrons. The number of nitrogens with zero attached hydrogens (tertiary/aromatic N) is 1. The molecule has 3 rings (SSSR count). The van der Waals surface area contributed by atoms with Crippen molar-refractivity contribution in [3.05, 3.63) is 69.9 Å². The van der Waals surface area contributed by atoms with Crippen LogP contribution in [0.15, 0.2) is 47.3 Å². The average Bonchev–Trinajstić information content (AvgIpc) is 2.69. The molecule has 0 amide bonds. The molecule has 0 aliphatic rings. The minimum atomic E-state index is -0.290. The molecule has 3 aromatic rings. The molecule has 0 atom stereocenters. The van der Waals surface area contributed by atoms with Crippen LogP contribution in [0, 0.1) is 12.7 Å². The van der Waals surface area contributed by atoms with Gasteiger partial charge in [0.05, 0.1) is 17.6 Å². The highest BCUT2D eigenvalue weighted by atomic mass is 19.1. The molecule has 4 heteroatoms. The summed E-state index contributed by atoms with van der Waals surface area (Å²) in [7, 11) is 0. The van der Waals surface area contributed by atoms with Crippen LogP contribution in [0.25, 0.3) is 11.0 Å². The Morgan fingerprint density at radius 2 is 2.00 bits per heavy atom. The van der Waals surface area contributed by atoms with Crippen LogP contribution in [-0.2, 0) is 6.54 Å². The van der Waals surface area contributed by atoms with Gasteiger partial charge in [-0.1, -0.05) is 24.3 Å². The van der Waals surface area contributed by atoms with Gasteiger partial charge < -0.3 is 4.98 Å². The van der Waals surface area contributed by atoms with E-state index in [0.717, 1.165) is 22.2 Å². The predicted molar refractivity (Wildman–Crippen MR) is 72.8 cm³/mol. The molecule has 19 heavy (non-hydrogen) atoms. The van der Waals surface area contributed by atoms with Crippen molar-refractivity contribution in [2.24, 2.45) is 0 Å². The first-order valence-corrected chi connectivity index (χ1v) is 6.08. The summed E-state index contributed by atoms with van der Waals surface area (Å²) in [4.78, 5) is 14.8. The fraction of sp³-hybridized carbons (Fsp3) is 0.133. The van der Waals surface area contributed by atoms with Crippen LogP contribution in [0.5, 0.6) is 0 Å². The third kappa shape index (κ3) is 2.05. The summed E-state index contributed by atoms with van der Waals surface area (Å²) in [5.74, 6) is -0.290. The normalized spacial score (nSPS) is 11.1. The molecule has 0 aliphatic carbocycles. The molecule has 0 spiro atoms. The molecule has 0 saturated heterocycles. The van der Waals surface area contributed by atoms with Crippen molar-refractivity contribution in [3.63, 3.8) is 0 Å². The number of H-pyrrole nitrogens is 1. The third-order valence-corrected chi connectivity index (χ3v) is 3.25. The molecule has 0 saturated carbocycles. The predicted octanol–water partition coefficient (Wildman–Crippen LogP) is 2.83. The number of imidazole rings is 1. The van der Waals surface area contributed by atoms with Crippen molar-refractivity contribution in [2.75, 3.05) is 0 Å². The largest absolute Gasteiger partial charge is 0.326 e. The fourth-order valence-electron chi connectivity index (χ4n) is 2.30. The maximum atomic E-state index is 13.2. The Morgan fingerprint density at radius 3 is 2.79 bits per heavy atom. The Morgan fingerprint density at radius 1 is 1.21 bits per heavy atom. The first-order valence-electron chi connectivity index (χ1n) is 6.08. The molecule has 3 nitrogen and oxygen atoms in total. The number of rotatable bonds is 2. The van der Waals surface area contributed by atoms with E-state index in [9.17, 15) is 9.18 Å². The first-order chi connectivity index (χ1) is 9.15. The second-order valence-corrected chi connectivity index (χ2v) is 4.62. The van der Waals surface area contributed by atoms with Crippen molar-refractivity contribution in [2.45, 2.75) is 13.5 Å². The fourth-order valence-corrected chi connectivity index (χ4v) is 2.30. The van der Waals surface area contributed by atoms with Crippen molar-refractivity contribution in [1.29, 1.82) is 0 Å². The molecular formula is C15H13FN2O. The van der Waals surface area contributed by atoms with E-state index in [0.29, 0.717) is 6.54 Å². The van der Waals surface area contributed by atoms with Crippen LogP contribution in [-0.4, -0.2) is 9.55 Å². The molecule has 0 unspecified atom stereocenters. The summed E-state index contributed by atoms with van der Waals surface area (Å²) >= 11 is 0. The number of aryl methyl sites for hydroxylation is 1. The molecule has 96 valence electrons. The topological polar surface area (TPSA) is 37.8 Å². The number of para-hydroxylation sites is 1. The van der Waals surface area contributed by atoms with E-state index in [1.165, 1.54) is 12.1 Å². The summed E-state index contributed by atoms with van der Waals surface area (Å²) in [6.45, 7) is 2.31. The lowest BCUT2D eigenvalue weighted by atomic mass is 10.2. The van der Waals surface area contributed by atoms with E-state index in [2.05, 4.69) is 4.98 Å². The quantitative estimate of drug-likeness (QED) is 0.752. The molecule has 1 aromatic heterocycles. The number of nitrogens with one attached hydrogen (secondary N) is 1. The number of aromatic nitrogens is 2. The molecule has 2 aromatic carbocycles. The summed E-state index contributed by atoms with van der Waals surface area (Å²) in [6.07, 6.45) is 0. The maximum absolute atomic E-state index is 13.2. The Hall–Kier alpha value is -2.36. The van der Waals surface area contributed by atoms with Crippen molar-refractivity contribution in [3.8, 4) is 0 Å². The molecular weight excluding hydrogens is 243 g/mol. The van der Waals surface area contributed by atoms with Crippen LogP contribution in [0.1, 0.15) is 11.1 Å². The lowest BCUT2D eigenvalue weighted by Gasteiger charge is -2.04. The van der Waals surface area contributed by atoms with Crippen LogP contribution in [0.3, 0.4) is 0 Å². The van der Waals surface area contributed by atoms with Gasteiger partial charge in [-0.25, -0.2) is 9.18 Å². The number of halogens is 1. The Bertz CT molecular complexity index is 801. The zero-order valence-corrected chi connectivity index (χ0v) is 10.5. The SMILES string of the molecule is Cc1cccc2c1[nH]c(=O)n2Cc1cccc(F)c1. The standard InChI is InChI=1S/C15H13FN2O/c1-10-4-2-7-13-14(10)17-15(19)18(13)9-11-5-3-6-12(16)8-11/h2-8H,9H2,1H3,(H,17,19). The second kappa shape index (κ2) is 4.39. The molecule has 1 heterocycles. The van der Waals surface area contributed by atoms with E-state index < -0.39 is 0 Å². The molecule has 1 N–H and O–H groups in total. The second-order valence-electron chi connectivity index (χ2n) is 4.62. The zero-order valence-electron chi connectivity index (χ0n) is 10.5. The van der Waals surface area contributed by atoms with E-state index in [-0.39, 0.29) is 11.5 Å². The number of hydrogen-bond acceptors (Lipinski definition) is 1. The number of hydrogen-bond donors (Lipinski definition) is 1. The van der Waals surface area contributed by atoms with Crippen molar-refractivity contribution in [1.82, 2.24) is 9.55 Å². The van der Waals surface area contributed by atoms with Gasteiger partial charge in [0, 0.05) is 0 Å². The summed E-state index contributed by atoms with van der Waals surface area (Å²) in [5, 5.41) is 0. The van der Waals surface area contributed by atoms with E-state index in [1.807, 2.05) is 31.2 Å². The van der Waals surface area contributed by atoms with Crippen molar-refractivity contribution < 1.29 is 4.39 Å². The van der Waals surface area contributed by atoms with Gasteiger partial charge in [0.15, 0.2) is 0 Å². The molecule has 0 fully saturated rings. The van der Waals surface area contributed by atoms with E-state index in [4.69, 9.17) is 0 Å². The van der Waals surface area contributed by atoms with Gasteiger partial charge in [-0.05, 0) is 36.2 Å². The van der Waals surface area contributed by atoms with Crippen molar-refractivity contribution >= 4 is 11.0 Å². The van der Waals surface area contributed by atoms with E-state index in [1.54, 1.807) is 10.6 Å². The van der Waals surface area contributed by atoms with Crippen LogP contribution in [0.4, 0.5) is 4.39 Å². The smallest absolute Gasteiger partial charge is 0.305 e. The highest BCUT2D eigenvalue weighted by Crippen LogP contribution is 2.15. The van der Waals surface area contributed by atoms with Crippen LogP contribution < -0.4 is 5.69 Å². The Labute approximate surface area is 109 Å². The van der Waals surface area contributed by atoms with Gasteiger partial charge in [-0.3, -0.25) is 4.57 Å². The lowest BCUT2D eigenvalue weighted by molar-refractivity contribution is 0.623. The zero-order chi connectivity index (χ0) is 13.4. The van der Waals surface area contributed by atoms with Gasteiger partial charge in [-0.15, -0.1) is 0 Å². The Kier molecular flexibility index (Phi) is 2.71. The van der Waals surface area contributed by atoms with Gasteiger partial charge in [0.2, 0.25) is 0 Å². The number of benzene rings is 2. The van der Waals surface area contributed by atoms with Gasteiger partial charge >= 0.3 is 5.69 Å².